The molecule has 1 unspecified atom stereocenters. The van der Waals surface area contributed by atoms with Crippen molar-refractivity contribution in [1.82, 2.24) is 20.0 Å². The number of aromatic nitrogens is 2. The van der Waals surface area contributed by atoms with Crippen molar-refractivity contribution < 1.29 is 13.9 Å². The van der Waals surface area contributed by atoms with Crippen molar-refractivity contribution in [3.05, 3.63) is 53.6 Å². The number of hydrogen-bond donors (Lipinski definition) is 1. The number of ether oxygens (including phenoxy) is 1. The summed E-state index contributed by atoms with van der Waals surface area (Å²) in [6.45, 7) is 5.25. The van der Waals surface area contributed by atoms with Crippen LogP contribution in [0.15, 0.2) is 36.7 Å². The van der Waals surface area contributed by atoms with Gasteiger partial charge in [0.1, 0.15) is 12.4 Å². The molecule has 1 atom stereocenters. The zero-order valence-corrected chi connectivity index (χ0v) is 15.7. The SMILES string of the molecule is CCNC(=O)OCC1CCCCN1Cc1cnn(Cc2ccc(F)cc2)c1. The van der Waals surface area contributed by atoms with Crippen LogP contribution in [0.3, 0.4) is 0 Å². The Hall–Kier alpha value is -2.41. The second-order valence-electron chi connectivity index (χ2n) is 6.92. The maximum absolute atomic E-state index is 13.0. The van der Waals surface area contributed by atoms with Gasteiger partial charge in [0.15, 0.2) is 0 Å². The van der Waals surface area contributed by atoms with Crippen molar-refractivity contribution >= 4 is 6.09 Å². The van der Waals surface area contributed by atoms with Gasteiger partial charge in [0.05, 0.1) is 12.7 Å². The molecule has 1 aliphatic rings. The van der Waals surface area contributed by atoms with Gasteiger partial charge in [-0.25, -0.2) is 9.18 Å². The highest BCUT2D eigenvalue weighted by atomic mass is 19.1. The first-order chi connectivity index (χ1) is 13.1. The zero-order valence-electron chi connectivity index (χ0n) is 15.7. The highest BCUT2D eigenvalue weighted by Gasteiger charge is 2.24. The Labute approximate surface area is 159 Å². The van der Waals surface area contributed by atoms with Crippen LogP contribution in [0.4, 0.5) is 9.18 Å². The fraction of sp³-hybridized carbons (Fsp3) is 0.500. The second kappa shape index (κ2) is 9.50. The molecule has 0 bridgehead atoms. The number of rotatable bonds is 7. The summed E-state index contributed by atoms with van der Waals surface area (Å²) in [5, 5.41) is 7.09. The number of carbonyl (C=O) groups excluding carboxylic acids is 1. The lowest BCUT2D eigenvalue weighted by molar-refractivity contribution is 0.0642. The number of alkyl carbamates (subject to hydrolysis) is 1. The van der Waals surface area contributed by atoms with Gasteiger partial charge in [0, 0.05) is 30.9 Å². The van der Waals surface area contributed by atoms with E-state index >= 15 is 0 Å². The van der Waals surface area contributed by atoms with E-state index < -0.39 is 0 Å². The Bertz CT molecular complexity index is 732. The van der Waals surface area contributed by atoms with Gasteiger partial charge in [0.25, 0.3) is 0 Å². The maximum atomic E-state index is 13.0. The summed E-state index contributed by atoms with van der Waals surface area (Å²) in [6.07, 6.45) is 6.89. The van der Waals surface area contributed by atoms with Crippen molar-refractivity contribution in [3.63, 3.8) is 0 Å². The molecule has 6 nitrogen and oxygen atoms in total. The molecule has 1 N–H and O–H groups in total. The monoisotopic (exact) mass is 374 g/mol. The molecule has 1 saturated heterocycles. The third-order valence-electron chi connectivity index (χ3n) is 4.81. The standard InChI is InChI=1S/C20H27FN4O2/c1-2-22-20(26)27-15-19-5-3-4-10-24(19)12-17-11-23-25(14-17)13-16-6-8-18(21)9-7-16/h6-9,11,14,19H,2-5,10,12-13,15H2,1H3,(H,22,26). The molecule has 3 rings (SSSR count). The van der Waals surface area contributed by atoms with Crippen LogP contribution in [-0.4, -0.2) is 46.5 Å². The van der Waals surface area contributed by atoms with Crippen LogP contribution >= 0.6 is 0 Å². The number of hydrogen-bond acceptors (Lipinski definition) is 4. The zero-order chi connectivity index (χ0) is 19.1. The molecule has 0 saturated carbocycles. The van der Waals surface area contributed by atoms with Gasteiger partial charge in [-0.1, -0.05) is 18.6 Å². The number of halogens is 1. The molecule has 0 aliphatic carbocycles. The van der Waals surface area contributed by atoms with Gasteiger partial charge in [-0.15, -0.1) is 0 Å². The largest absolute Gasteiger partial charge is 0.448 e. The lowest BCUT2D eigenvalue weighted by Crippen LogP contribution is -2.43. The van der Waals surface area contributed by atoms with Crippen LogP contribution in [0.2, 0.25) is 0 Å². The van der Waals surface area contributed by atoms with Crippen LogP contribution in [0.5, 0.6) is 0 Å². The number of piperidine rings is 1. The van der Waals surface area contributed by atoms with E-state index in [4.69, 9.17) is 4.74 Å². The van der Waals surface area contributed by atoms with E-state index in [1.807, 2.05) is 24.0 Å². The number of nitrogens with zero attached hydrogens (tertiary/aromatic N) is 3. The lowest BCUT2D eigenvalue weighted by atomic mass is 10.0. The molecule has 27 heavy (non-hydrogen) atoms. The van der Waals surface area contributed by atoms with Gasteiger partial charge in [-0.05, 0) is 44.0 Å². The second-order valence-corrected chi connectivity index (χ2v) is 6.92. The minimum Gasteiger partial charge on any atom is -0.448 e. The fourth-order valence-corrected chi connectivity index (χ4v) is 3.41. The maximum Gasteiger partial charge on any atom is 0.407 e. The van der Waals surface area contributed by atoms with Gasteiger partial charge in [-0.2, -0.15) is 5.10 Å². The van der Waals surface area contributed by atoms with Crippen LogP contribution in [-0.2, 0) is 17.8 Å². The molecule has 1 fully saturated rings. The molecule has 1 amide bonds. The van der Waals surface area contributed by atoms with Crippen LogP contribution in [0.25, 0.3) is 0 Å². The first-order valence-electron chi connectivity index (χ1n) is 9.54. The molecular formula is C20H27FN4O2. The van der Waals surface area contributed by atoms with Crippen molar-refractivity contribution in [2.75, 3.05) is 19.7 Å². The third kappa shape index (κ3) is 5.79. The van der Waals surface area contributed by atoms with E-state index in [1.165, 1.54) is 12.1 Å². The summed E-state index contributed by atoms with van der Waals surface area (Å²) in [7, 11) is 0. The molecule has 1 aliphatic heterocycles. The highest BCUT2D eigenvalue weighted by molar-refractivity contribution is 5.66. The van der Waals surface area contributed by atoms with E-state index in [1.54, 1.807) is 12.1 Å². The van der Waals surface area contributed by atoms with Crippen molar-refractivity contribution in [3.8, 4) is 0 Å². The molecule has 1 aromatic heterocycles. The summed E-state index contributed by atoms with van der Waals surface area (Å²) in [5.74, 6) is -0.231. The number of carbonyl (C=O) groups is 1. The van der Waals surface area contributed by atoms with Crippen molar-refractivity contribution in [2.24, 2.45) is 0 Å². The van der Waals surface area contributed by atoms with Gasteiger partial charge in [-0.3, -0.25) is 9.58 Å². The Balaban J connectivity index is 1.55. The topological polar surface area (TPSA) is 59.4 Å². The Morgan fingerprint density at radius 3 is 2.85 bits per heavy atom. The first-order valence-corrected chi connectivity index (χ1v) is 9.54. The minimum atomic E-state index is -0.352. The van der Waals surface area contributed by atoms with Crippen molar-refractivity contribution in [2.45, 2.75) is 45.3 Å². The van der Waals surface area contributed by atoms with E-state index in [0.29, 0.717) is 19.7 Å². The molecule has 1 aromatic carbocycles. The normalized spacial score (nSPS) is 17.6. The predicted octanol–water partition coefficient (Wildman–Crippen LogP) is 3.17. The predicted molar refractivity (Wildman–Crippen MR) is 101 cm³/mol. The summed E-state index contributed by atoms with van der Waals surface area (Å²) in [4.78, 5) is 13.9. The van der Waals surface area contributed by atoms with Crippen LogP contribution in [0, 0.1) is 5.82 Å². The first kappa shape index (κ1) is 19.4. The average molecular weight is 374 g/mol. The van der Waals surface area contributed by atoms with Crippen LogP contribution < -0.4 is 5.32 Å². The molecule has 0 spiro atoms. The molecule has 2 aromatic rings. The summed E-state index contributed by atoms with van der Waals surface area (Å²) in [6, 6.07) is 6.72. The number of likely N-dealkylation sites (tertiary alicyclic amines) is 1. The number of nitrogens with one attached hydrogen (secondary N) is 1. The average Bonchev–Trinajstić information content (AvgIpc) is 3.10. The van der Waals surface area contributed by atoms with E-state index in [9.17, 15) is 9.18 Å². The third-order valence-corrected chi connectivity index (χ3v) is 4.81. The Morgan fingerprint density at radius 2 is 2.07 bits per heavy atom. The summed E-state index contributed by atoms with van der Waals surface area (Å²) in [5.41, 5.74) is 2.14. The smallest absolute Gasteiger partial charge is 0.407 e. The van der Waals surface area contributed by atoms with E-state index in [-0.39, 0.29) is 18.0 Å². The molecule has 7 heteroatoms. The highest BCUT2D eigenvalue weighted by Crippen LogP contribution is 2.20. The molecular weight excluding hydrogens is 347 g/mol. The summed E-state index contributed by atoms with van der Waals surface area (Å²) < 4.78 is 20.2. The molecule has 0 radical (unpaired) electrons. The quantitative estimate of drug-likeness (QED) is 0.809. The Kier molecular flexibility index (Phi) is 6.81. The lowest BCUT2D eigenvalue weighted by Gasteiger charge is -2.34. The van der Waals surface area contributed by atoms with Crippen molar-refractivity contribution in [1.29, 1.82) is 0 Å². The minimum absolute atomic E-state index is 0.231. The van der Waals surface area contributed by atoms with Gasteiger partial charge < -0.3 is 10.1 Å². The Morgan fingerprint density at radius 1 is 1.26 bits per heavy atom. The van der Waals surface area contributed by atoms with E-state index in [2.05, 4.69) is 15.3 Å². The number of benzene rings is 1. The van der Waals surface area contributed by atoms with Gasteiger partial charge in [0.2, 0.25) is 0 Å². The molecule has 146 valence electrons. The van der Waals surface area contributed by atoms with Crippen LogP contribution in [0.1, 0.15) is 37.3 Å². The fourth-order valence-electron chi connectivity index (χ4n) is 3.41. The molecule has 2 heterocycles. The van der Waals surface area contributed by atoms with E-state index in [0.717, 1.165) is 43.5 Å². The van der Waals surface area contributed by atoms with Gasteiger partial charge >= 0.3 is 6.09 Å². The number of amides is 1. The summed E-state index contributed by atoms with van der Waals surface area (Å²) >= 11 is 0.